The summed E-state index contributed by atoms with van der Waals surface area (Å²) in [5.74, 6) is -0.163. The zero-order valence-corrected chi connectivity index (χ0v) is 11.5. The highest BCUT2D eigenvalue weighted by Crippen LogP contribution is 2.15. The van der Waals surface area contributed by atoms with Gasteiger partial charge in [0.1, 0.15) is 4.88 Å². The van der Waals surface area contributed by atoms with Crippen molar-refractivity contribution >= 4 is 39.1 Å². The molecule has 17 heavy (non-hydrogen) atoms. The summed E-state index contributed by atoms with van der Waals surface area (Å²) in [5, 5.41) is 7.43. The predicted octanol–water partition coefficient (Wildman–Crippen LogP) is 2.99. The van der Waals surface area contributed by atoms with Crippen LogP contribution in [0.5, 0.6) is 0 Å². The van der Waals surface area contributed by atoms with E-state index in [1.807, 2.05) is 24.3 Å². The Bertz CT molecular complexity index is 524. The summed E-state index contributed by atoms with van der Waals surface area (Å²) in [4.78, 5) is 12.4. The number of hydrogen-bond acceptors (Lipinski definition) is 4. The van der Waals surface area contributed by atoms with Gasteiger partial charge in [0, 0.05) is 11.0 Å². The van der Waals surface area contributed by atoms with Crippen LogP contribution in [0.1, 0.15) is 20.9 Å². The summed E-state index contributed by atoms with van der Waals surface area (Å²) >= 11 is 4.48. The smallest absolute Gasteiger partial charge is 0.269 e. The molecule has 0 aliphatic heterocycles. The molecule has 6 heteroatoms. The summed E-state index contributed by atoms with van der Waals surface area (Å²) in [7, 11) is 0. The molecule has 0 unspecified atom stereocenters. The van der Waals surface area contributed by atoms with Gasteiger partial charge in [0.15, 0.2) is 0 Å². The van der Waals surface area contributed by atoms with E-state index in [1.54, 1.807) is 6.92 Å². The number of nitrogens with one attached hydrogen (secondary N) is 1. The molecule has 1 N–H and O–H groups in total. The average molecular weight is 312 g/mol. The van der Waals surface area contributed by atoms with Gasteiger partial charge in [0.05, 0.1) is 5.69 Å². The minimum atomic E-state index is -0.163. The van der Waals surface area contributed by atoms with Crippen molar-refractivity contribution in [3.63, 3.8) is 0 Å². The van der Waals surface area contributed by atoms with Gasteiger partial charge in [-0.2, -0.15) is 0 Å². The first-order valence-corrected chi connectivity index (χ1v) is 6.85. The zero-order chi connectivity index (χ0) is 12.3. The van der Waals surface area contributed by atoms with Crippen LogP contribution in [0.15, 0.2) is 24.3 Å². The Morgan fingerprint density at radius 2 is 2.12 bits per heavy atom. The topological polar surface area (TPSA) is 54.9 Å². The lowest BCUT2D eigenvalue weighted by Crippen LogP contribution is -2.11. The molecule has 0 bridgehead atoms. The van der Waals surface area contributed by atoms with Crippen molar-refractivity contribution in [2.45, 2.75) is 12.3 Å². The van der Waals surface area contributed by atoms with Crippen molar-refractivity contribution in [1.29, 1.82) is 0 Å². The van der Waals surface area contributed by atoms with Crippen molar-refractivity contribution in [3.8, 4) is 0 Å². The molecule has 88 valence electrons. The third-order valence-electron chi connectivity index (χ3n) is 2.22. The van der Waals surface area contributed by atoms with Crippen LogP contribution in [0.4, 0.5) is 5.69 Å². The Hall–Kier alpha value is -1.27. The lowest BCUT2D eigenvalue weighted by molar-refractivity contribution is 0.103. The van der Waals surface area contributed by atoms with Gasteiger partial charge in [-0.1, -0.05) is 32.6 Å². The predicted molar refractivity (Wildman–Crippen MR) is 71.7 cm³/mol. The molecule has 1 heterocycles. The first-order valence-electron chi connectivity index (χ1n) is 4.96. The fourth-order valence-electron chi connectivity index (χ4n) is 1.30. The third kappa shape index (κ3) is 2.89. The highest BCUT2D eigenvalue weighted by molar-refractivity contribution is 9.08. The number of aryl methyl sites for hydroxylation is 1. The summed E-state index contributed by atoms with van der Waals surface area (Å²) in [6.45, 7) is 1.77. The number of nitrogens with zero attached hydrogens (tertiary/aromatic N) is 2. The van der Waals surface area contributed by atoms with E-state index in [0.29, 0.717) is 10.6 Å². The van der Waals surface area contributed by atoms with Crippen molar-refractivity contribution in [3.05, 3.63) is 40.4 Å². The second kappa shape index (κ2) is 5.37. The highest BCUT2D eigenvalue weighted by Gasteiger charge is 2.12. The Balaban J connectivity index is 2.10. The van der Waals surface area contributed by atoms with Crippen LogP contribution in [-0.4, -0.2) is 15.5 Å². The first kappa shape index (κ1) is 12.2. The van der Waals surface area contributed by atoms with E-state index in [2.05, 4.69) is 30.8 Å². The molecule has 0 atom stereocenters. The van der Waals surface area contributed by atoms with Crippen molar-refractivity contribution in [2.24, 2.45) is 0 Å². The summed E-state index contributed by atoms with van der Waals surface area (Å²) in [6, 6.07) is 7.67. The molecule has 0 saturated heterocycles. The maximum atomic E-state index is 11.9. The SMILES string of the molecule is Cc1nnsc1C(=O)Nc1ccc(CBr)cc1. The molecule has 2 rings (SSSR count). The van der Waals surface area contributed by atoms with Gasteiger partial charge in [-0.05, 0) is 36.2 Å². The van der Waals surface area contributed by atoms with E-state index in [9.17, 15) is 4.79 Å². The van der Waals surface area contributed by atoms with Crippen molar-refractivity contribution in [2.75, 3.05) is 5.32 Å². The van der Waals surface area contributed by atoms with Crippen LogP contribution in [-0.2, 0) is 5.33 Å². The van der Waals surface area contributed by atoms with E-state index in [0.717, 1.165) is 22.5 Å². The Kier molecular flexibility index (Phi) is 3.86. The number of rotatable bonds is 3. The van der Waals surface area contributed by atoms with Crippen LogP contribution in [0.3, 0.4) is 0 Å². The zero-order valence-electron chi connectivity index (χ0n) is 9.11. The van der Waals surface area contributed by atoms with E-state index in [1.165, 1.54) is 5.56 Å². The molecule has 0 spiro atoms. The molecule has 0 aliphatic rings. The third-order valence-corrected chi connectivity index (χ3v) is 3.70. The van der Waals surface area contributed by atoms with Crippen LogP contribution in [0.25, 0.3) is 0 Å². The van der Waals surface area contributed by atoms with E-state index < -0.39 is 0 Å². The number of benzene rings is 1. The van der Waals surface area contributed by atoms with Crippen LogP contribution in [0.2, 0.25) is 0 Å². The fourth-order valence-corrected chi connectivity index (χ4v) is 2.23. The number of carbonyl (C=O) groups excluding carboxylic acids is 1. The normalized spacial score (nSPS) is 10.2. The molecule has 1 amide bonds. The fraction of sp³-hybridized carbons (Fsp3) is 0.182. The van der Waals surface area contributed by atoms with Gasteiger partial charge in [0.2, 0.25) is 0 Å². The molecule has 0 aliphatic carbocycles. The highest BCUT2D eigenvalue weighted by atomic mass is 79.9. The number of amides is 1. The molecule has 0 saturated carbocycles. The number of hydrogen-bond donors (Lipinski definition) is 1. The monoisotopic (exact) mass is 311 g/mol. The van der Waals surface area contributed by atoms with Gasteiger partial charge in [0.25, 0.3) is 5.91 Å². The molecule has 2 aromatic rings. The molecular weight excluding hydrogens is 302 g/mol. The quantitative estimate of drug-likeness (QED) is 0.887. The number of alkyl halides is 1. The Morgan fingerprint density at radius 3 is 2.65 bits per heavy atom. The van der Waals surface area contributed by atoms with Gasteiger partial charge in [-0.15, -0.1) is 5.10 Å². The minimum Gasteiger partial charge on any atom is -0.321 e. The standard InChI is InChI=1S/C11H10BrN3OS/c1-7-10(17-15-14-7)11(16)13-9-4-2-8(6-12)3-5-9/h2-5H,6H2,1H3,(H,13,16). The van der Waals surface area contributed by atoms with Crippen LogP contribution in [0, 0.1) is 6.92 Å². The number of carbonyl (C=O) groups is 1. The molecule has 1 aromatic heterocycles. The molecule has 0 fully saturated rings. The Labute approximate surface area is 111 Å². The maximum Gasteiger partial charge on any atom is 0.269 e. The Morgan fingerprint density at radius 1 is 1.41 bits per heavy atom. The summed E-state index contributed by atoms with van der Waals surface area (Å²) in [6.07, 6.45) is 0. The van der Waals surface area contributed by atoms with Gasteiger partial charge in [-0.25, -0.2) is 0 Å². The van der Waals surface area contributed by atoms with E-state index in [-0.39, 0.29) is 5.91 Å². The number of anilines is 1. The minimum absolute atomic E-state index is 0.163. The summed E-state index contributed by atoms with van der Waals surface area (Å²) < 4.78 is 3.74. The first-order chi connectivity index (χ1) is 8.20. The number of halogens is 1. The van der Waals surface area contributed by atoms with Gasteiger partial charge in [-0.3, -0.25) is 4.79 Å². The second-order valence-corrected chi connectivity index (χ2v) is 4.79. The van der Waals surface area contributed by atoms with E-state index in [4.69, 9.17) is 0 Å². The van der Waals surface area contributed by atoms with Gasteiger partial charge < -0.3 is 5.32 Å². The van der Waals surface area contributed by atoms with Crippen molar-refractivity contribution in [1.82, 2.24) is 9.59 Å². The molecule has 1 aromatic carbocycles. The molecule has 0 radical (unpaired) electrons. The maximum absolute atomic E-state index is 11.9. The van der Waals surface area contributed by atoms with Crippen LogP contribution < -0.4 is 5.32 Å². The largest absolute Gasteiger partial charge is 0.321 e. The lowest BCUT2D eigenvalue weighted by atomic mass is 10.2. The lowest BCUT2D eigenvalue weighted by Gasteiger charge is -2.04. The summed E-state index contributed by atoms with van der Waals surface area (Å²) in [5.41, 5.74) is 2.59. The molecular formula is C11H10BrN3OS. The van der Waals surface area contributed by atoms with Crippen molar-refractivity contribution < 1.29 is 4.79 Å². The average Bonchev–Trinajstić information content (AvgIpc) is 2.76. The number of aromatic nitrogens is 2. The van der Waals surface area contributed by atoms with Crippen LogP contribution >= 0.6 is 27.5 Å². The van der Waals surface area contributed by atoms with E-state index >= 15 is 0 Å². The molecule has 4 nitrogen and oxygen atoms in total. The second-order valence-electron chi connectivity index (χ2n) is 3.47. The van der Waals surface area contributed by atoms with Gasteiger partial charge >= 0.3 is 0 Å².